The van der Waals surface area contributed by atoms with E-state index in [1.165, 1.54) is 11.3 Å². The number of para-hydroxylation sites is 2. The molecule has 0 fully saturated rings. The van der Waals surface area contributed by atoms with Crippen LogP contribution in [0.25, 0.3) is 11.0 Å². The number of thiophene rings is 1. The van der Waals surface area contributed by atoms with Crippen LogP contribution in [-0.4, -0.2) is 11.8 Å². The third-order valence-electron chi connectivity index (χ3n) is 3.82. The Morgan fingerprint density at radius 3 is 2.35 bits per heavy atom. The average Bonchev–Trinajstić information content (AvgIpc) is 3.31. The van der Waals surface area contributed by atoms with Gasteiger partial charge in [0.1, 0.15) is 11.3 Å². The molecule has 0 saturated heterocycles. The maximum atomic E-state index is 12.7. The first-order chi connectivity index (χ1) is 12.7. The number of benzene rings is 2. The van der Waals surface area contributed by atoms with Crippen molar-refractivity contribution >= 4 is 45.5 Å². The minimum atomic E-state index is -0.422. The van der Waals surface area contributed by atoms with Crippen LogP contribution >= 0.6 is 11.3 Å². The maximum absolute atomic E-state index is 12.7. The van der Waals surface area contributed by atoms with Gasteiger partial charge < -0.3 is 15.1 Å². The van der Waals surface area contributed by atoms with Gasteiger partial charge in [-0.1, -0.05) is 36.4 Å². The van der Waals surface area contributed by atoms with Crippen LogP contribution in [0.1, 0.15) is 20.2 Å². The molecule has 0 aliphatic carbocycles. The second kappa shape index (κ2) is 6.85. The Morgan fingerprint density at radius 2 is 1.58 bits per heavy atom. The van der Waals surface area contributed by atoms with E-state index in [-0.39, 0.29) is 11.7 Å². The topological polar surface area (TPSA) is 71.3 Å². The van der Waals surface area contributed by atoms with Gasteiger partial charge in [0.25, 0.3) is 11.8 Å². The van der Waals surface area contributed by atoms with Gasteiger partial charge in [-0.15, -0.1) is 11.3 Å². The maximum Gasteiger partial charge on any atom is 0.293 e. The lowest BCUT2D eigenvalue weighted by atomic mass is 10.2. The zero-order chi connectivity index (χ0) is 17.9. The Bertz CT molecular complexity index is 1070. The van der Waals surface area contributed by atoms with Crippen LogP contribution in [0.4, 0.5) is 11.4 Å². The van der Waals surface area contributed by atoms with E-state index >= 15 is 0 Å². The number of hydrogen-bond acceptors (Lipinski definition) is 4. The van der Waals surface area contributed by atoms with Gasteiger partial charge in [0.05, 0.1) is 4.88 Å². The molecule has 2 aromatic heterocycles. The zero-order valence-corrected chi connectivity index (χ0v) is 14.4. The summed E-state index contributed by atoms with van der Waals surface area (Å²) in [6.07, 6.45) is 0. The Kier molecular flexibility index (Phi) is 4.25. The van der Waals surface area contributed by atoms with E-state index < -0.39 is 5.91 Å². The Labute approximate surface area is 153 Å². The Balaban J connectivity index is 1.71. The molecule has 2 aromatic carbocycles. The number of hydrogen-bond donors (Lipinski definition) is 2. The Morgan fingerprint density at radius 1 is 0.808 bits per heavy atom. The van der Waals surface area contributed by atoms with E-state index in [0.29, 0.717) is 27.2 Å². The second-order valence-corrected chi connectivity index (χ2v) is 6.50. The van der Waals surface area contributed by atoms with Crippen LogP contribution in [0.15, 0.2) is 76.5 Å². The van der Waals surface area contributed by atoms with E-state index in [1.54, 1.807) is 30.3 Å². The molecule has 2 heterocycles. The highest BCUT2D eigenvalue weighted by molar-refractivity contribution is 7.12. The third kappa shape index (κ3) is 3.10. The van der Waals surface area contributed by atoms with E-state index in [1.807, 2.05) is 41.8 Å². The predicted molar refractivity (Wildman–Crippen MR) is 103 cm³/mol. The van der Waals surface area contributed by atoms with Gasteiger partial charge in [-0.25, -0.2) is 0 Å². The molecule has 0 aliphatic heterocycles. The molecular formula is C20H14N2O3S. The molecule has 0 aliphatic rings. The largest absolute Gasteiger partial charge is 0.449 e. The number of fused-ring (bicyclic) bond motifs is 1. The van der Waals surface area contributed by atoms with Crippen molar-refractivity contribution in [3.63, 3.8) is 0 Å². The molecule has 0 spiro atoms. The first-order valence-corrected chi connectivity index (χ1v) is 8.83. The number of nitrogens with one attached hydrogen (secondary N) is 2. The van der Waals surface area contributed by atoms with Crippen molar-refractivity contribution in [2.75, 3.05) is 10.6 Å². The zero-order valence-electron chi connectivity index (χ0n) is 13.6. The summed E-state index contributed by atoms with van der Waals surface area (Å²) in [4.78, 5) is 25.8. The fraction of sp³-hybridized carbons (Fsp3) is 0. The Hall–Kier alpha value is -3.38. The standard InChI is InChI=1S/C20H14N2O3S/c23-19(16-11-6-12-26-16)22-17-14-9-4-5-10-15(14)25-18(17)20(24)21-13-7-2-1-3-8-13/h1-12H,(H,21,24)(H,22,23). The van der Waals surface area contributed by atoms with Gasteiger partial charge in [-0.2, -0.15) is 0 Å². The highest BCUT2D eigenvalue weighted by Gasteiger charge is 2.23. The number of furan rings is 1. The molecule has 5 nitrogen and oxygen atoms in total. The van der Waals surface area contributed by atoms with E-state index in [4.69, 9.17) is 4.42 Å². The molecule has 0 radical (unpaired) electrons. The summed E-state index contributed by atoms with van der Waals surface area (Å²) >= 11 is 1.33. The molecule has 2 amide bonds. The minimum Gasteiger partial charge on any atom is -0.449 e. The molecule has 26 heavy (non-hydrogen) atoms. The fourth-order valence-corrected chi connectivity index (χ4v) is 3.24. The smallest absolute Gasteiger partial charge is 0.293 e. The van der Waals surface area contributed by atoms with Gasteiger partial charge in [-0.3, -0.25) is 9.59 Å². The number of rotatable bonds is 4. The van der Waals surface area contributed by atoms with Crippen molar-refractivity contribution in [1.29, 1.82) is 0 Å². The lowest BCUT2D eigenvalue weighted by Gasteiger charge is -2.06. The van der Waals surface area contributed by atoms with E-state index in [0.717, 1.165) is 0 Å². The molecule has 0 saturated carbocycles. The quantitative estimate of drug-likeness (QED) is 0.537. The van der Waals surface area contributed by atoms with Crippen molar-refractivity contribution in [2.24, 2.45) is 0 Å². The monoisotopic (exact) mass is 362 g/mol. The van der Waals surface area contributed by atoms with Gasteiger partial charge >= 0.3 is 0 Å². The van der Waals surface area contributed by atoms with Gasteiger partial charge in [0, 0.05) is 11.1 Å². The van der Waals surface area contributed by atoms with Crippen molar-refractivity contribution in [2.45, 2.75) is 0 Å². The molecule has 4 aromatic rings. The number of carbonyl (C=O) groups is 2. The summed E-state index contributed by atoms with van der Waals surface area (Å²) in [5.74, 6) is -0.630. The number of anilines is 2. The number of amides is 2. The molecule has 0 bridgehead atoms. The molecule has 2 N–H and O–H groups in total. The first-order valence-electron chi connectivity index (χ1n) is 7.95. The van der Waals surface area contributed by atoms with Crippen LogP contribution in [0, 0.1) is 0 Å². The van der Waals surface area contributed by atoms with Crippen molar-refractivity contribution in [3.05, 3.63) is 82.7 Å². The summed E-state index contributed by atoms with van der Waals surface area (Å²) in [5, 5.41) is 8.11. The summed E-state index contributed by atoms with van der Waals surface area (Å²) in [6.45, 7) is 0. The molecule has 128 valence electrons. The van der Waals surface area contributed by atoms with Crippen LogP contribution in [-0.2, 0) is 0 Å². The predicted octanol–water partition coefficient (Wildman–Crippen LogP) is 5.00. The molecule has 0 unspecified atom stereocenters. The molecule has 0 atom stereocenters. The van der Waals surface area contributed by atoms with Crippen LogP contribution in [0.2, 0.25) is 0 Å². The summed E-state index contributed by atoms with van der Waals surface area (Å²) in [6, 6.07) is 19.8. The van der Waals surface area contributed by atoms with Gasteiger partial charge in [-0.05, 0) is 35.7 Å². The van der Waals surface area contributed by atoms with Crippen LogP contribution in [0.5, 0.6) is 0 Å². The molecule has 6 heteroatoms. The lowest BCUT2D eigenvalue weighted by Crippen LogP contribution is -2.16. The van der Waals surface area contributed by atoms with E-state index in [2.05, 4.69) is 10.6 Å². The molecule has 4 rings (SSSR count). The minimum absolute atomic E-state index is 0.0694. The van der Waals surface area contributed by atoms with Gasteiger partial charge in [0.2, 0.25) is 5.76 Å². The number of carbonyl (C=O) groups excluding carboxylic acids is 2. The van der Waals surface area contributed by atoms with Crippen molar-refractivity contribution < 1.29 is 14.0 Å². The molecular weight excluding hydrogens is 348 g/mol. The van der Waals surface area contributed by atoms with Crippen molar-refractivity contribution in [1.82, 2.24) is 0 Å². The summed E-state index contributed by atoms with van der Waals surface area (Å²) in [7, 11) is 0. The summed E-state index contributed by atoms with van der Waals surface area (Å²) in [5.41, 5.74) is 1.55. The SMILES string of the molecule is O=C(Nc1c(C(=O)Nc2ccccc2)oc2ccccc12)c1cccs1. The normalized spacial score (nSPS) is 10.6. The average molecular weight is 362 g/mol. The fourth-order valence-electron chi connectivity index (χ4n) is 2.62. The van der Waals surface area contributed by atoms with Gasteiger partial charge in [0.15, 0.2) is 0 Å². The highest BCUT2D eigenvalue weighted by Crippen LogP contribution is 2.32. The first kappa shape index (κ1) is 16.1. The van der Waals surface area contributed by atoms with Crippen LogP contribution < -0.4 is 10.6 Å². The van der Waals surface area contributed by atoms with Crippen molar-refractivity contribution in [3.8, 4) is 0 Å². The van der Waals surface area contributed by atoms with Crippen LogP contribution in [0.3, 0.4) is 0 Å². The summed E-state index contributed by atoms with van der Waals surface area (Å²) < 4.78 is 5.73. The second-order valence-electron chi connectivity index (χ2n) is 5.55. The third-order valence-corrected chi connectivity index (χ3v) is 4.69. The van der Waals surface area contributed by atoms with E-state index in [9.17, 15) is 9.59 Å². The lowest BCUT2D eigenvalue weighted by molar-refractivity contribution is 0.1000. The highest BCUT2D eigenvalue weighted by atomic mass is 32.1.